The van der Waals surface area contributed by atoms with Gasteiger partial charge in [0.05, 0.1) is 6.17 Å². The minimum Gasteiger partial charge on any atom is -0.314 e. The van der Waals surface area contributed by atoms with Crippen LogP contribution in [0.3, 0.4) is 0 Å². The molecule has 0 aliphatic heterocycles. The molecule has 0 aliphatic carbocycles. The molecule has 0 spiro atoms. The number of hydrogen-bond donors (Lipinski definition) is 2. The van der Waals surface area contributed by atoms with Gasteiger partial charge in [0.25, 0.3) is 0 Å². The lowest BCUT2D eigenvalue weighted by Crippen LogP contribution is -2.41. The quantitative estimate of drug-likeness (QED) is 0.411. The molecule has 0 bridgehead atoms. The monoisotopic (exact) mass is 236 g/mol. The zero-order valence-electron chi connectivity index (χ0n) is 7.34. The SMILES string of the molecule is CCCC(N)NOS(=O)(=O)C(F)(F)F. The van der Waals surface area contributed by atoms with Crippen LogP contribution in [0.2, 0.25) is 0 Å². The molecule has 0 amide bonds. The number of halogens is 3. The predicted molar refractivity (Wildman–Crippen MR) is 42.1 cm³/mol. The zero-order valence-corrected chi connectivity index (χ0v) is 8.15. The molecule has 0 rings (SSSR count). The fourth-order valence-corrected chi connectivity index (χ4v) is 0.887. The summed E-state index contributed by atoms with van der Waals surface area (Å²) in [5.41, 5.74) is 1.33. The van der Waals surface area contributed by atoms with E-state index in [-0.39, 0.29) is 0 Å². The van der Waals surface area contributed by atoms with Crippen LogP contribution in [0.15, 0.2) is 0 Å². The lowest BCUT2D eigenvalue weighted by Gasteiger charge is -2.13. The largest absolute Gasteiger partial charge is 0.524 e. The second-order valence-corrected chi connectivity index (χ2v) is 4.03. The van der Waals surface area contributed by atoms with Crippen LogP contribution in [0.4, 0.5) is 13.2 Å². The van der Waals surface area contributed by atoms with E-state index in [1.807, 2.05) is 0 Å². The van der Waals surface area contributed by atoms with Crippen molar-refractivity contribution in [2.75, 3.05) is 0 Å². The Morgan fingerprint density at radius 2 is 2.00 bits per heavy atom. The molecule has 5 nitrogen and oxygen atoms in total. The molecule has 9 heteroatoms. The lowest BCUT2D eigenvalue weighted by atomic mass is 10.3. The Morgan fingerprint density at radius 1 is 1.50 bits per heavy atom. The molecular weight excluding hydrogens is 225 g/mol. The van der Waals surface area contributed by atoms with Gasteiger partial charge in [-0.2, -0.15) is 31.4 Å². The lowest BCUT2D eigenvalue weighted by molar-refractivity contribution is -0.0596. The second kappa shape index (κ2) is 4.91. The average Bonchev–Trinajstić information content (AvgIpc) is 1.99. The Labute approximate surface area is 79.5 Å². The average molecular weight is 236 g/mol. The van der Waals surface area contributed by atoms with Crippen LogP contribution in [0, 0.1) is 0 Å². The molecular formula is C5H11F3N2O3S. The number of hydrogen-bond acceptors (Lipinski definition) is 5. The maximum absolute atomic E-state index is 11.7. The van der Waals surface area contributed by atoms with E-state index in [1.54, 1.807) is 12.4 Å². The van der Waals surface area contributed by atoms with Crippen molar-refractivity contribution in [3.8, 4) is 0 Å². The highest BCUT2D eigenvalue weighted by Crippen LogP contribution is 2.23. The van der Waals surface area contributed by atoms with E-state index < -0.39 is 21.8 Å². The van der Waals surface area contributed by atoms with Crippen LogP contribution in [-0.4, -0.2) is 20.1 Å². The number of rotatable bonds is 5. The topological polar surface area (TPSA) is 81.4 Å². The molecule has 1 unspecified atom stereocenters. The smallest absolute Gasteiger partial charge is 0.314 e. The van der Waals surface area contributed by atoms with Crippen LogP contribution in [0.1, 0.15) is 19.8 Å². The van der Waals surface area contributed by atoms with Gasteiger partial charge in [0.1, 0.15) is 0 Å². The van der Waals surface area contributed by atoms with E-state index in [9.17, 15) is 21.6 Å². The Hall–Kier alpha value is -0.380. The van der Waals surface area contributed by atoms with Crippen molar-refractivity contribution in [3.05, 3.63) is 0 Å². The summed E-state index contributed by atoms with van der Waals surface area (Å²) in [5, 5.41) is 0. The highest BCUT2D eigenvalue weighted by molar-refractivity contribution is 7.87. The molecule has 0 fully saturated rings. The van der Waals surface area contributed by atoms with Crippen LogP contribution >= 0.6 is 0 Å². The van der Waals surface area contributed by atoms with Crippen molar-refractivity contribution in [1.82, 2.24) is 5.48 Å². The fourth-order valence-electron chi connectivity index (χ4n) is 0.542. The minimum absolute atomic E-state index is 0.299. The zero-order chi connectivity index (χ0) is 11.4. The summed E-state index contributed by atoms with van der Waals surface area (Å²) < 4.78 is 59.1. The molecule has 1 atom stereocenters. The highest BCUT2D eigenvalue weighted by Gasteiger charge is 2.48. The van der Waals surface area contributed by atoms with Crippen molar-refractivity contribution in [2.24, 2.45) is 5.73 Å². The standard InChI is InChI=1S/C5H11F3N2O3S/c1-2-3-4(9)10-13-14(11,12)5(6,7)8/h4,10H,2-3,9H2,1H3. The van der Waals surface area contributed by atoms with Crippen molar-refractivity contribution >= 4 is 10.1 Å². The van der Waals surface area contributed by atoms with Crippen LogP contribution in [-0.2, 0) is 14.4 Å². The van der Waals surface area contributed by atoms with Gasteiger partial charge in [-0.1, -0.05) is 13.3 Å². The van der Waals surface area contributed by atoms with Gasteiger partial charge in [-0.05, 0) is 6.42 Å². The number of hydroxylamine groups is 1. The first kappa shape index (κ1) is 13.6. The Kier molecular flexibility index (Phi) is 4.78. The minimum atomic E-state index is -5.60. The van der Waals surface area contributed by atoms with Gasteiger partial charge in [-0.3, -0.25) is 0 Å². The van der Waals surface area contributed by atoms with Crippen LogP contribution < -0.4 is 11.2 Å². The molecule has 86 valence electrons. The molecule has 0 heterocycles. The predicted octanol–water partition coefficient (Wildman–Crippen LogP) is 0.442. The van der Waals surface area contributed by atoms with Gasteiger partial charge in [0.15, 0.2) is 0 Å². The van der Waals surface area contributed by atoms with Crippen LogP contribution in [0.5, 0.6) is 0 Å². The van der Waals surface area contributed by atoms with Gasteiger partial charge in [-0.25, -0.2) is 0 Å². The van der Waals surface area contributed by atoms with E-state index in [0.29, 0.717) is 12.8 Å². The fraction of sp³-hybridized carbons (Fsp3) is 1.00. The second-order valence-electron chi connectivity index (χ2n) is 2.50. The molecule has 0 saturated heterocycles. The van der Waals surface area contributed by atoms with E-state index in [0.717, 1.165) is 0 Å². The maximum Gasteiger partial charge on any atom is 0.524 e. The summed E-state index contributed by atoms with van der Waals surface area (Å²) in [6.07, 6.45) is -0.0612. The van der Waals surface area contributed by atoms with Crippen molar-refractivity contribution in [2.45, 2.75) is 31.4 Å². The number of alkyl halides is 3. The maximum atomic E-state index is 11.7. The first-order valence-electron chi connectivity index (χ1n) is 3.71. The van der Waals surface area contributed by atoms with Gasteiger partial charge >= 0.3 is 15.6 Å². The summed E-state index contributed by atoms with van der Waals surface area (Å²) in [6.45, 7) is 1.74. The molecule has 14 heavy (non-hydrogen) atoms. The summed E-state index contributed by atoms with van der Waals surface area (Å²) >= 11 is 0. The molecule has 0 aromatic rings. The van der Waals surface area contributed by atoms with Gasteiger partial charge in [0.2, 0.25) is 0 Å². The van der Waals surface area contributed by atoms with Gasteiger partial charge < -0.3 is 5.73 Å². The Balaban J connectivity index is 4.14. The number of nitrogens with one attached hydrogen (secondary N) is 1. The molecule has 0 aromatic heterocycles. The van der Waals surface area contributed by atoms with E-state index in [1.165, 1.54) is 0 Å². The first-order chi connectivity index (χ1) is 6.20. The molecule has 0 aliphatic rings. The van der Waals surface area contributed by atoms with E-state index >= 15 is 0 Å². The Morgan fingerprint density at radius 3 is 2.36 bits per heavy atom. The summed E-state index contributed by atoms with van der Waals surface area (Å²) in [5.74, 6) is 0. The summed E-state index contributed by atoms with van der Waals surface area (Å²) in [6, 6.07) is 0. The third-order valence-electron chi connectivity index (χ3n) is 1.19. The third-order valence-corrected chi connectivity index (χ3v) is 2.07. The number of nitrogens with two attached hydrogens (primary N) is 1. The molecule has 3 N–H and O–H groups in total. The summed E-state index contributed by atoms with van der Waals surface area (Å²) in [7, 11) is -5.60. The normalized spacial score (nSPS) is 15.5. The van der Waals surface area contributed by atoms with Crippen molar-refractivity contribution in [1.29, 1.82) is 0 Å². The van der Waals surface area contributed by atoms with Crippen molar-refractivity contribution in [3.63, 3.8) is 0 Å². The molecule has 0 aromatic carbocycles. The molecule has 0 radical (unpaired) electrons. The summed E-state index contributed by atoms with van der Waals surface area (Å²) in [4.78, 5) is 0. The van der Waals surface area contributed by atoms with Gasteiger partial charge in [-0.15, -0.1) is 0 Å². The van der Waals surface area contributed by atoms with Crippen molar-refractivity contribution < 1.29 is 25.9 Å². The third kappa shape index (κ3) is 4.22. The van der Waals surface area contributed by atoms with E-state index in [2.05, 4.69) is 4.28 Å². The van der Waals surface area contributed by atoms with E-state index in [4.69, 9.17) is 5.73 Å². The highest BCUT2D eigenvalue weighted by atomic mass is 32.2. The van der Waals surface area contributed by atoms with Crippen LogP contribution in [0.25, 0.3) is 0 Å². The van der Waals surface area contributed by atoms with Gasteiger partial charge in [0, 0.05) is 0 Å². The molecule has 0 saturated carbocycles. The Bertz CT molecular complexity index is 264. The first-order valence-corrected chi connectivity index (χ1v) is 5.12.